The van der Waals surface area contributed by atoms with Crippen molar-refractivity contribution in [2.45, 2.75) is 12.5 Å². The number of amides is 1. The molecule has 7 heteroatoms. The molecule has 0 aliphatic heterocycles. The number of aliphatic carboxylic acids is 1. The van der Waals surface area contributed by atoms with E-state index >= 15 is 0 Å². The van der Waals surface area contributed by atoms with E-state index in [0.29, 0.717) is 11.5 Å². The Hall–Kier alpha value is -2.28. The zero-order valence-electron chi connectivity index (χ0n) is 11.4. The molecular weight excluding hydrogens is 264 g/mol. The van der Waals surface area contributed by atoms with Crippen LogP contribution in [0.1, 0.15) is 5.56 Å². The minimum atomic E-state index is -1.11. The minimum absolute atomic E-state index is 0.270. The molecule has 0 aromatic heterocycles. The van der Waals surface area contributed by atoms with E-state index in [1.807, 2.05) is 0 Å². The molecule has 0 saturated carbocycles. The number of carbonyl (C=O) groups excluding carboxylic acids is 1. The first-order valence-electron chi connectivity index (χ1n) is 5.94. The average Bonchev–Trinajstić information content (AvgIpc) is 2.44. The van der Waals surface area contributed by atoms with Gasteiger partial charge in [0.15, 0.2) is 11.5 Å². The SMILES string of the molecule is COc1ccc(C[C@H](N)C(=O)NCC(=O)O)cc1OC. The quantitative estimate of drug-likeness (QED) is 0.637. The lowest BCUT2D eigenvalue weighted by Crippen LogP contribution is -2.43. The van der Waals surface area contributed by atoms with Crippen LogP contribution in [0.2, 0.25) is 0 Å². The summed E-state index contributed by atoms with van der Waals surface area (Å²) in [6.07, 6.45) is 0.270. The molecule has 0 bridgehead atoms. The third kappa shape index (κ3) is 4.43. The number of carboxylic acids is 1. The van der Waals surface area contributed by atoms with Gasteiger partial charge in [0.2, 0.25) is 5.91 Å². The molecule has 1 rings (SSSR count). The van der Waals surface area contributed by atoms with Crippen molar-refractivity contribution in [2.24, 2.45) is 5.73 Å². The predicted molar refractivity (Wildman–Crippen MR) is 71.9 cm³/mol. The highest BCUT2D eigenvalue weighted by molar-refractivity contribution is 5.85. The van der Waals surface area contributed by atoms with Gasteiger partial charge in [0.05, 0.1) is 20.3 Å². The summed E-state index contributed by atoms with van der Waals surface area (Å²) < 4.78 is 10.3. The van der Waals surface area contributed by atoms with Gasteiger partial charge in [-0.05, 0) is 24.1 Å². The van der Waals surface area contributed by atoms with Crippen LogP contribution < -0.4 is 20.5 Å². The number of hydrogen-bond donors (Lipinski definition) is 3. The number of benzene rings is 1. The maximum atomic E-state index is 11.6. The van der Waals surface area contributed by atoms with Crippen LogP contribution in [-0.2, 0) is 16.0 Å². The summed E-state index contributed by atoms with van der Waals surface area (Å²) in [5.74, 6) is -0.498. The van der Waals surface area contributed by atoms with E-state index in [4.69, 9.17) is 20.3 Å². The number of rotatable bonds is 7. The molecule has 0 heterocycles. The van der Waals surface area contributed by atoms with E-state index in [2.05, 4.69) is 5.32 Å². The first kappa shape index (κ1) is 15.8. The second-order valence-corrected chi connectivity index (χ2v) is 4.11. The fourth-order valence-electron chi connectivity index (χ4n) is 1.65. The molecule has 0 radical (unpaired) electrons. The van der Waals surface area contributed by atoms with Gasteiger partial charge in [-0.15, -0.1) is 0 Å². The molecule has 20 heavy (non-hydrogen) atoms. The Labute approximate surface area is 116 Å². The Kier molecular flexibility index (Phi) is 5.79. The molecule has 1 amide bonds. The number of nitrogens with two attached hydrogens (primary N) is 1. The molecule has 1 aromatic carbocycles. The molecule has 0 saturated heterocycles. The topological polar surface area (TPSA) is 111 Å². The molecule has 110 valence electrons. The Balaban J connectivity index is 2.68. The van der Waals surface area contributed by atoms with E-state index in [0.717, 1.165) is 5.56 Å². The first-order chi connectivity index (χ1) is 9.47. The van der Waals surface area contributed by atoms with Crippen molar-refractivity contribution in [2.75, 3.05) is 20.8 Å². The summed E-state index contributed by atoms with van der Waals surface area (Å²) in [5, 5.41) is 10.7. The lowest BCUT2D eigenvalue weighted by atomic mass is 10.1. The van der Waals surface area contributed by atoms with Gasteiger partial charge in [0, 0.05) is 0 Å². The smallest absolute Gasteiger partial charge is 0.322 e. The van der Waals surface area contributed by atoms with Gasteiger partial charge < -0.3 is 25.6 Å². The maximum absolute atomic E-state index is 11.6. The average molecular weight is 282 g/mol. The van der Waals surface area contributed by atoms with E-state index in [1.165, 1.54) is 14.2 Å². The fourth-order valence-corrected chi connectivity index (χ4v) is 1.65. The molecule has 0 unspecified atom stereocenters. The van der Waals surface area contributed by atoms with Gasteiger partial charge in [0.1, 0.15) is 6.54 Å². The summed E-state index contributed by atoms with van der Waals surface area (Å²) >= 11 is 0. The minimum Gasteiger partial charge on any atom is -0.493 e. The molecule has 0 aliphatic rings. The summed E-state index contributed by atoms with van der Waals surface area (Å²) in [7, 11) is 3.05. The van der Waals surface area contributed by atoms with E-state index < -0.39 is 24.5 Å². The standard InChI is InChI=1S/C13H18N2O5/c1-19-10-4-3-8(6-11(10)20-2)5-9(14)13(18)15-7-12(16)17/h3-4,6,9H,5,7,14H2,1-2H3,(H,15,18)(H,16,17)/t9-/m0/s1. The summed E-state index contributed by atoms with van der Waals surface area (Å²) in [6.45, 7) is -0.446. The number of methoxy groups -OCH3 is 2. The van der Waals surface area contributed by atoms with Crippen LogP contribution in [0.15, 0.2) is 18.2 Å². The molecule has 1 aromatic rings. The predicted octanol–water partition coefficient (Wildman–Crippen LogP) is -0.226. The molecule has 0 spiro atoms. The number of ether oxygens (including phenoxy) is 2. The normalized spacial score (nSPS) is 11.6. The molecule has 7 nitrogen and oxygen atoms in total. The Morgan fingerprint density at radius 2 is 1.95 bits per heavy atom. The van der Waals surface area contributed by atoms with Crippen molar-refractivity contribution in [3.8, 4) is 11.5 Å². The zero-order valence-corrected chi connectivity index (χ0v) is 11.4. The molecule has 0 aliphatic carbocycles. The van der Waals surface area contributed by atoms with Gasteiger partial charge in [-0.25, -0.2) is 0 Å². The molecule has 0 fully saturated rings. The second-order valence-electron chi connectivity index (χ2n) is 4.11. The second kappa shape index (κ2) is 7.34. The zero-order chi connectivity index (χ0) is 15.1. The van der Waals surface area contributed by atoms with Crippen LogP contribution in [0.3, 0.4) is 0 Å². The highest BCUT2D eigenvalue weighted by Gasteiger charge is 2.15. The van der Waals surface area contributed by atoms with Gasteiger partial charge in [-0.2, -0.15) is 0 Å². The number of nitrogens with one attached hydrogen (secondary N) is 1. The van der Waals surface area contributed by atoms with Crippen LogP contribution >= 0.6 is 0 Å². The monoisotopic (exact) mass is 282 g/mol. The highest BCUT2D eigenvalue weighted by Crippen LogP contribution is 2.27. The van der Waals surface area contributed by atoms with E-state index in [9.17, 15) is 9.59 Å². The van der Waals surface area contributed by atoms with Gasteiger partial charge in [0.25, 0.3) is 0 Å². The largest absolute Gasteiger partial charge is 0.493 e. The van der Waals surface area contributed by atoms with Crippen LogP contribution in [0.25, 0.3) is 0 Å². The van der Waals surface area contributed by atoms with Gasteiger partial charge in [-0.1, -0.05) is 6.07 Å². The highest BCUT2D eigenvalue weighted by atomic mass is 16.5. The number of hydrogen-bond acceptors (Lipinski definition) is 5. The van der Waals surface area contributed by atoms with Crippen molar-refractivity contribution in [3.05, 3.63) is 23.8 Å². The number of carbonyl (C=O) groups is 2. The van der Waals surface area contributed by atoms with Gasteiger partial charge in [-0.3, -0.25) is 9.59 Å². The molecular formula is C13H18N2O5. The van der Waals surface area contributed by atoms with Crippen molar-refractivity contribution >= 4 is 11.9 Å². The third-order valence-electron chi connectivity index (χ3n) is 2.65. The molecule has 1 atom stereocenters. The summed E-state index contributed by atoms with van der Waals surface area (Å²) in [4.78, 5) is 21.9. The van der Waals surface area contributed by atoms with Crippen molar-refractivity contribution in [3.63, 3.8) is 0 Å². The number of carboxylic acid groups (broad SMARTS) is 1. The maximum Gasteiger partial charge on any atom is 0.322 e. The van der Waals surface area contributed by atoms with Crippen LogP contribution in [-0.4, -0.2) is 43.8 Å². The Bertz CT molecular complexity index is 490. The van der Waals surface area contributed by atoms with E-state index in [-0.39, 0.29) is 6.42 Å². The summed E-state index contributed by atoms with van der Waals surface area (Å²) in [5.41, 5.74) is 6.51. The first-order valence-corrected chi connectivity index (χ1v) is 5.94. The lowest BCUT2D eigenvalue weighted by molar-refractivity contribution is -0.138. The summed E-state index contributed by atoms with van der Waals surface area (Å²) in [6, 6.07) is 4.39. The van der Waals surface area contributed by atoms with Crippen LogP contribution in [0.4, 0.5) is 0 Å². The van der Waals surface area contributed by atoms with E-state index in [1.54, 1.807) is 18.2 Å². The fraction of sp³-hybridized carbons (Fsp3) is 0.385. The Morgan fingerprint density at radius 3 is 2.50 bits per heavy atom. The Morgan fingerprint density at radius 1 is 1.30 bits per heavy atom. The third-order valence-corrected chi connectivity index (χ3v) is 2.65. The van der Waals surface area contributed by atoms with Crippen molar-refractivity contribution in [1.82, 2.24) is 5.32 Å². The molecule has 4 N–H and O–H groups in total. The lowest BCUT2D eigenvalue weighted by Gasteiger charge is -2.13. The van der Waals surface area contributed by atoms with Crippen LogP contribution in [0, 0.1) is 0 Å². The van der Waals surface area contributed by atoms with Gasteiger partial charge >= 0.3 is 5.97 Å². The van der Waals surface area contributed by atoms with Crippen molar-refractivity contribution in [1.29, 1.82) is 0 Å². The van der Waals surface area contributed by atoms with Crippen molar-refractivity contribution < 1.29 is 24.2 Å². The van der Waals surface area contributed by atoms with Crippen LogP contribution in [0.5, 0.6) is 11.5 Å².